The van der Waals surface area contributed by atoms with E-state index in [-0.39, 0.29) is 0 Å². The summed E-state index contributed by atoms with van der Waals surface area (Å²) in [7, 11) is 0. The van der Waals surface area contributed by atoms with Gasteiger partial charge in [-0.05, 0) is 23.6 Å². The van der Waals surface area contributed by atoms with Gasteiger partial charge in [-0.25, -0.2) is 0 Å². The Hall–Kier alpha value is -1.10. The van der Waals surface area contributed by atoms with Crippen molar-refractivity contribution in [3.63, 3.8) is 0 Å². The maximum absolute atomic E-state index is 10.00. The van der Waals surface area contributed by atoms with Crippen LogP contribution in [0, 0.1) is 0 Å². The highest BCUT2D eigenvalue weighted by atomic mass is 16.5. The summed E-state index contributed by atoms with van der Waals surface area (Å²) in [4.78, 5) is 2.21. The molecule has 112 valence electrons. The van der Waals surface area contributed by atoms with Gasteiger partial charge in [-0.2, -0.15) is 0 Å². The molecule has 1 aromatic rings. The van der Waals surface area contributed by atoms with Gasteiger partial charge < -0.3 is 14.6 Å². The molecule has 0 aliphatic carbocycles. The van der Waals surface area contributed by atoms with Crippen LogP contribution in [0.15, 0.2) is 24.3 Å². The lowest BCUT2D eigenvalue weighted by Gasteiger charge is -2.28. The van der Waals surface area contributed by atoms with Crippen LogP contribution in [0.5, 0.6) is 5.75 Å². The van der Waals surface area contributed by atoms with Gasteiger partial charge >= 0.3 is 0 Å². The van der Waals surface area contributed by atoms with Crippen LogP contribution in [0.4, 0.5) is 0 Å². The van der Waals surface area contributed by atoms with E-state index in [1.165, 1.54) is 5.56 Å². The van der Waals surface area contributed by atoms with Gasteiger partial charge in [-0.1, -0.05) is 26.0 Å². The second kappa shape index (κ2) is 7.62. The molecule has 1 aliphatic rings. The van der Waals surface area contributed by atoms with Crippen molar-refractivity contribution in [1.29, 1.82) is 0 Å². The minimum Gasteiger partial charge on any atom is -0.491 e. The number of nitrogens with zero attached hydrogens (tertiary/aromatic N) is 1. The van der Waals surface area contributed by atoms with E-state index in [1.807, 2.05) is 12.1 Å². The molecule has 4 heteroatoms. The highest BCUT2D eigenvalue weighted by Crippen LogP contribution is 2.18. The third kappa shape index (κ3) is 4.78. The summed E-state index contributed by atoms with van der Waals surface area (Å²) in [5.41, 5.74) is 1.30. The summed E-state index contributed by atoms with van der Waals surface area (Å²) in [6, 6.07) is 8.09. The van der Waals surface area contributed by atoms with Gasteiger partial charge in [-0.3, -0.25) is 4.90 Å². The molecule has 2 rings (SSSR count). The Kier molecular flexibility index (Phi) is 5.83. The summed E-state index contributed by atoms with van der Waals surface area (Å²) in [6.07, 6.45) is -0.460. The Labute approximate surface area is 121 Å². The summed E-state index contributed by atoms with van der Waals surface area (Å²) >= 11 is 0. The minimum atomic E-state index is -0.460. The van der Waals surface area contributed by atoms with Gasteiger partial charge in [-0.15, -0.1) is 0 Å². The third-order valence-electron chi connectivity index (χ3n) is 3.56. The number of aliphatic hydroxyl groups excluding tert-OH is 1. The second-order valence-electron chi connectivity index (χ2n) is 5.60. The number of aliphatic hydroxyl groups is 1. The van der Waals surface area contributed by atoms with Crippen LogP contribution in [0.3, 0.4) is 0 Å². The average molecular weight is 279 g/mol. The molecule has 0 spiro atoms. The number of hydrogen-bond acceptors (Lipinski definition) is 4. The normalized spacial score (nSPS) is 18.2. The van der Waals surface area contributed by atoms with Crippen LogP contribution in [-0.4, -0.2) is 55.6 Å². The molecule has 1 aromatic carbocycles. The van der Waals surface area contributed by atoms with Crippen LogP contribution in [0.1, 0.15) is 25.3 Å². The van der Waals surface area contributed by atoms with Crippen molar-refractivity contribution < 1.29 is 14.6 Å². The van der Waals surface area contributed by atoms with Crippen LogP contribution in [-0.2, 0) is 4.74 Å². The molecular weight excluding hydrogens is 254 g/mol. The van der Waals surface area contributed by atoms with E-state index in [2.05, 4.69) is 30.9 Å². The lowest BCUT2D eigenvalue weighted by molar-refractivity contribution is 0.00465. The Morgan fingerprint density at radius 2 is 1.85 bits per heavy atom. The lowest BCUT2D eigenvalue weighted by atomic mass is 10.0. The number of β-amino-alcohol motifs (C(OH)–C–C–N with tert-alkyl or cyclic N) is 1. The van der Waals surface area contributed by atoms with Crippen molar-refractivity contribution in [3.8, 4) is 5.75 Å². The van der Waals surface area contributed by atoms with Gasteiger partial charge in [0.2, 0.25) is 0 Å². The molecule has 1 aliphatic heterocycles. The predicted octanol–water partition coefficient (Wildman–Crippen LogP) is 1.88. The first-order valence-electron chi connectivity index (χ1n) is 7.36. The highest BCUT2D eigenvalue weighted by molar-refractivity contribution is 5.28. The molecule has 0 bridgehead atoms. The molecule has 0 saturated carbocycles. The van der Waals surface area contributed by atoms with Gasteiger partial charge in [0.15, 0.2) is 0 Å². The Balaban J connectivity index is 1.73. The topological polar surface area (TPSA) is 41.9 Å². The largest absolute Gasteiger partial charge is 0.491 e. The lowest BCUT2D eigenvalue weighted by Crippen LogP contribution is -2.42. The van der Waals surface area contributed by atoms with E-state index >= 15 is 0 Å². The molecule has 4 nitrogen and oxygen atoms in total. The van der Waals surface area contributed by atoms with E-state index in [4.69, 9.17) is 9.47 Å². The summed E-state index contributed by atoms with van der Waals surface area (Å²) < 4.78 is 10.9. The third-order valence-corrected chi connectivity index (χ3v) is 3.56. The predicted molar refractivity (Wildman–Crippen MR) is 79.3 cm³/mol. The van der Waals surface area contributed by atoms with Crippen molar-refractivity contribution in [2.45, 2.75) is 25.9 Å². The number of benzene rings is 1. The number of rotatable bonds is 6. The smallest absolute Gasteiger partial charge is 0.119 e. The maximum atomic E-state index is 10.00. The molecule has 20 heavy (non-hydrogen) atoms. The molecule has 1 fully saturated rings. The van der Waals surface area contributed by atoms with Crippen LogP contribution >= 0.6 is 0 Å². The first-order chi connectivity index (χ1) is 9.65. The molecule has 1 saturated heterocycles. The molecule has 1 heterocycles. The van der Waals surface area contributed by atoms with Gasteiger partial charge in [0.25, 0.3) is 0 Å². The first kappa shape index (κ1) is 15.3. The molecule has 1 atom stereocenters. The molecule has 1 N–H and O–H groups in total. The molecule has 0 unspecified atom stereocenters. The van der Waals surface area contributed by atoms with Crippen molar-refractivity contribution in [2.75, 3.05) is 39.5 Å². The fourth-order valence-corrected chi connectivity index (χ4v) is 2.28. The zero-order chi connectivity index (χ0) is 14.4. The Morgan fingerprint density at radius 1 is 1.20 bits per heavy atom. The Morgan fingerprint density at radius 3 is 2.45 bits per heavy atom. The maximum Gasteiger partial charge on any atom is 0.119 e. The van der Waals surface area contributed by atoms with Crippen LogP contribution in [0.2, 0.25) is 0 Å². The fraction of sp³-hybridized carbons (Fsp3) is 0.625. The van der Waals surface area contributed by atoms with Crippen LogP contribution in [0.25, 0.3) is 0 Å². The quantitative estimate of drug-likeness (QED) is 0.863. The van der Waals surface area contributed by atoms with E-state index in [1.54, 1.807) is 0 Å². The number of hydrogen-bond donors (Lipinski definition) is 1. The van der Waals surface area contributed by atoms with Crippen molar-refractivity contribution >= 4 is 0 Å². The molecule has 0 amide bonds. The summed E-state index contributed by atoms with van der Waals surface area (Å²) in [6.45, 7) is 8.60. The van der Waals surface area contributed by atoms with Gasteiger partial charge in [0.05, 0.1) is 13.2 Å². The second-order valence-corrected chi connectivity index (χ2v) is 5.60. The SMILES string of the molecule is CC(C)c1ccc(OC[C@H](O)CN2CCOCC2)cc1. The van der Waals surface area contributed by atoms with E-state index < -0.39 is 6.10 Å². The number of morpholine rings is 1. The molecule has 0 aromatic heterocycles. The minimum absolute atomic E-state index is 0.332. The summed E-state index contributed by atoms with van der Waals surface area (Å²) in [5, 5.41) is 10.00. The highest BCUT2D eigenvalue weighted by Gasteiger charge is 2.15. The standard InChI is InChI=1S/C16H25NO3/c1-13(2)14-3-5-16(6-4-14)20-12-15(18)11-17-7-9-19-10-8-17/h3-6,13,15,18H,7-12H2,1-2H3/t15-/m1/s1. The fourth-order valence-electron chi connectivity index (χ4n) is 2.28. The van der Waals surface area contributed by atoms with Crippen molar-refractivity contribution in [3.05, 3.63) is 29.8 Å². The van der Waals surface area contributed by atoms with E-state index in [0.29, 0.717) is 19.1 Å². The van der Waals surface area contributed by atoms with Crippen molar-refractivity contribution in [2.24, 2.45) is 0 Å². The average Bonchev–Trinajstić information content (AvgIpc) is 2.46. The van der Waals surface area contributed by atoms with Gasteiger partial charge in [0.1, 0.15) is 18.5 Å². The van der Waals surface area contributed by atoms with Gasteiger partial charge in [0, 0.05) is 19.6 Å². The molecular formula is C16H25NO3. The molecule has 0 radical (unpaired) electrons. The van der Waals surface area contributed by atoms with Crippen LogP contribution < -0.4 is 4.74 Å². The monoisotopic (exact) mass is 279 g/mol. The zero-order valence-electron chi connectivity index (χ0n) is 12.4. The van der Waals surface area contributed by atoms with E-state index in [9.17, 15) is 5.11 Å². The van der Waals surface area contributed by atoms with Crippen molar-refractivity contribution in [1.82, 2.24) is 4.90 Å². The number of ether oxygens (including phenoxy) is 2. The van der Waals surface area contributed by atoms with E-state index in [0.717, 1.165) is 32.1 Å². The summed E-state index contributed by atoms with van der Waals surface area (Å²) in [5.74, 6) is 1.34. The zero-order valence-corrected chi connectivity index (χ0v) is 12.4. The first-order valence-corrected chi connectivity index (χ1v) is 7.36. The Bertz CT molecular complexity index is 385.